The lowest BCUT2D eigenvalue weighted by molar-refractivity contribution is -0.147. The van der Waals surface area contributed by atoms with Gasteiger partial charge in [-0.1, -0.05) is 44.4 Å². The van der Waals surface area contributed by atoms with Crippen LogP contribution in [0.15, 0.2) is 42.5 Å². The second-order valence-corrected chi connectivity index (χ2v) is 12.5. The molecule has 0 spiro atoms. The molecule has 256 valence electrons. The van der Waals surface area contributed by atoms with Gasteiger partial charge in [-0.25, -0.2) is 4.39 Å². The number of nitrogens with one attached hydrogen (secondary N) is 2. The molecule has 2 aliphatic rings. The van der Waals surface area contributed by atoms with Crippen LogP contribution in [0.2, 0.25) is 0 Å². The lowest BCUT2D eigenvalue weighted by Crippen LogP contribution is -2.54. The second kappa shape index (κ2) is 16.3. The van der Waals surface area contributed by atoms with Crippen LogP contribution in [-0.4, -0.2) is 79.7 Å². The number of hydrogen-bond donors (Lipinski definition) is 2. The number of ketones is 1. The molecule has 1 aliphatic heterocycles. The minimum absolute atomic E-state index is 0.0423. The summed E-state index contributed by atoms with van der Waals surface area (Å²) < 4.78 is 51.1. The fourth-order valence-electron chi connectivity index (χ4n) is 6.31. The fraction of sp³-hybridized carbons (Fsp3) is 0.543. The highest BCUT2D eigenvalue weighted by Crippen LogP contribution is 2.38. The van der Waals surface area contributed by atoms with E-state index in [-0.39, 0.29) is 42.0 Å². The Bertz CT molecular complexity index is 1420. The van der Waals surface area contributed by atoms with Gasteiger partial charge >= 0.3 is 5.92 Å². The Morgan fingerprint density at radius 2 is 1.70 bits per heavy atom. The predicted octanol–water partition coefficient (Wildman–Crippen LogP) is 4.93. The summed E-state index contributed by atoms with van der Waals surface area (Å²) in [4.78, 5) is 56.0. The number of benzene rings is 2. The standard InChI is InChI=1S/C35H45F3N4O5/c1-4-32(44)39-30(34(46)42-17-15-41(2)16-18-42)20-23-13-14-29(28(36)19-23)40-33(45)27(24-9-6-5-7-10-24)22-31(43)35(37,38)25-11-8-12-26(21-25)47-3/h8,11-14,19,21,24,27,30H,4-7,9-10,15-18,20,22H2,1-3H3,(H,39,44)(H,40,45)/t27-,30+/m0/s1. The Hall–Kier alpha value is -3.93. The van der Waals surface area contributed by atoms with Gasteiger partial charge in [-0.05, 0) is 55.6 Å². The number of likely N-dealkylation sites (N-methyl/N-ethyl adjacent to an activating group) is 1. The third kappa shape index (κ3) is 9.33. The Labute approximate surface area is 274 Å². The SMILES string of the molecule is CCC(=O)N[C@H](Cc1ccc(NC(=O)[C@@H](CC(=O)C(F)(F)c2cccc(OC)c2)C2CCCCC2)c(F)c1)C(=O)N1CCN(C)CC1. The minimum Gasteiger partial charge on any atom is -0.497 e. The number of methoxy groups -OCH3 is 1. The summed E-state index contributed by atoms with van der Waals surface area (Å²) in [6, 6.07) is 8.31. The molecule has 3 amide bonds. The zero-order valence-corrected chi connectivity index (χ0v) is 27.3. The van der Waals surface area contributed by atoms with Gasteiger partial charge in [0.1, 0.15) is 17.6 Å². The molecule has 4 rings (SSSR count). The number of nitrogens with zero attached hydrogens (tertiary/aromatic N) is 2. The van der Waals surface area contributed by atoms with Crippen LogP contribution in [-0.2, 0) is 31.5 Å². The van der Waals surface area contributed by atoms with Crippen molar-refractivity contribution in [1.29, 1.82) is 0 Å². The fourth-order valence-corrected chi connectivity index (χ4v) is 6.31. The molecular formula is C35H45F3N4O5. The van der Waals surface area contributed by atoms with Crippen molar-refractivity contribution in [3.05, 3.63) is 59.4 Å². The smallest absolute Gasteiger partial charge is 0.330 e. The van der Waals surface area contributed by atoms with Crippen LogP contribution in [0.5, 0.6) is 5.75 Å². The summed E-state index contributed by atoms with van der Waals surface area (Å²) in [6.07, 6.45) is 3.29. The molecule has 2 N–H and O–H groups in total. The molecule has 0 unspecified atom stereocenters. The summed E-state index contributed by atoms with van der Waals surface area (Å²) in [5, 5.41) is 5.30. The number of alkyl halides is 2. The molecule has 2 fully saturated rings. The van der Waals surface area contributed by atoms with Crippen LogP contribution in [0.4, 0.5) is 18.9 Å². The van der Waals surface area contributed by atoms with Crippen LogP contribution in [0.25, 0.3) is 0 Å². The molecule has 9 nitrogen and oxygen atoms in total. The van der Waals surface area contributed by atoms with Crippen molar-refractivity contribution >= 4 is 29.2 Å². The lowest BCUT2D eigenvalue weighted by atomic mass is 9.76. The zero-order chi connectivity index (χ0) is 34.1. The summed E-state index contributed by atoms with van der Waals surface area (Å²) in [5.41, 5.74) is -0.252. The molecule has 1 heterocycles. The number of halogens is 3. The van der Waals surface area contributed by atoms with E-state index in [1.54, 1.807) is 17.9 Å². The Morgan fingerprint density at radius 1 is 1.00 bits per heavy atom. The van der Waals surface area contributed by atoms with Gasteiger partial charge in [0.05, 0.1) is 12.8 Å². The minimum atomic E-state index is -3.85. The molecule has 12 heteroatoms. The van der Waals surface area contributed by atoms with Crippen molar-refractivity contribution in [2.45, 2.75) is 70.3 Å². The molecule has 1 saturated carbocycles. The van der Waals surface area contributed by atoms with E-state index in [0.717, 1.165) is 31.4 Å². The molecule has 2 aromatic rings. The van der Waals surface area contributed by atoms with E-state index in [2.05, 4.69) is 15.5 Å². The molecule has 0 radical (unpaired) electrons. The van der Waals surface area contributed by atoms with E-state index in [1.807, 2.05) is 7.05 Å². The number of Topliss-reactive ketones (excluding diaryl/α,β-unsaturated/α-hetero) is 1. The van der Waals surface area contributed by atoms with Gasteiger partial charge in [-0.2, -0.15) is 8.78 Å². The first-order chi connectivity index (χ1) is 22.4. The number of carbonyl (C=O) groups is 4. The maximum Gasteiger partial charge on any atom is 0.330 e. The van der Waals surface area contributed by atoms with E-state index in [0.29, 0.717) is 44.6 Å². The quantitative estimate of drug-likeness (QED) is 0.316. The number of ether oxygens (including phenoxy) is 1. The maximum atomic E-state index is 15.4. The maximum absolute atomic E-state index is 15.4. The van der Waals surface area contributed by atoms with Gasteiger partial charge in [0.25, 0.3) is 0 Å². The van der Waals surface area contributed by atoms with Crippen LogP contribution in [0.1, 0.15) is 63.0 Å². The lowest BCUT2D eigenvalue weighted by Gasteiger charge is -2.34. The van der Waals surface area contributed by atoms with Gasteiger partial charge in [0, 0.05) is 56.9 Å². The van der Waals surface area contributed by atoms with Gasteiger partial charge in [0.15, 0.2) is 0 Å². The summed E-state index contributed by atoms with van der Waals surface area (Å²) in [5.74, 6) is -8.47. The summed E-state index contributed by atoms with van der Waals surface area (Å²) >= 11 is 0. The molecule has 0 aromatic heterocycles. The number of rotatable bonds is 13. The first-order valence-corrected chi connectivity index (χ1v) is 16.3. The van der Waals surface area contributed by atoms with Gasteiger partial charge in [-0.15, -0.1) is 0 Å². The third-order valence-corrected chi connectivity index (χ3v) is 9.24. The van der Waals surface area contributed by atoms with Crippen molar-refractivity contribution in [3.8, 4) is 5.75 Å². The highest BCUT2D eigenvalue weighted by Gasteiger charge is 2.44. The molecule has 2 aromatic carbocycles. The first kappa shape index (κ1) is 35.9. The van der Waals surface area contributed by atoms with Crippen molar-refractivity contribution < 1.29 is 37.1 Å². The summed E-state index contributed by atoms with van der Waals surface area (Å²) in [6.45, 7) is 4.12. The van der Waals surface area contributed by atoms with Gasteiger partial charge < -0.3 is 25.2 Å². The molecule has 47 heavy (non-hydrogen) atoms. The van der Waals surface area contributed by atoms with Gasteiger partial charge in [-0.3, -0.25) is 19.2 Å². The van der Waals surface area contributed by atoms with Gasteiger partial charge in [0.2, 0.25) is 23.5 Å². The number of hydrogen-bond acceptors (Lipinski definition) is 6. The Morgan fingerprint density at radius 3 is 2.34 bits per heavy atom. The Balaban J connectivity index is 1.49. The van der Waals surface area contributed by atoms with E-state index >= 15 is 13.2 Å². The van der Waals surface area contributed by atoms with E-state index in [9.17, 15) is 19.2 Å². The average molecular weight is 659 g/mol. The number of piperazine rings is 1. The van der Waals surface area contributed by atoms with Crippen LogP contribution in [0.3, 0.4) is 0 Å². The topological polar surface area (TPSA) is 108 Å². The third-order valence-electron chi connectivity index (χ3n) is 9.24. The van der Waals surface area contributed by atoms with E-state index in [4.69, 9.17) is 4.74 Å². The van der Waals surface area contributed by atoms with Crippen molar-refractivity contribution in [1.82, 2.24) is 15.1 Å². The zero-order valence-electron chi connectivity index (χ0n) is 27.3. The first-order valence-electron chi connectivity index (χ1n) is 16.3. The van der Waals surface area contributed by atoms with E-state index < -0.39 is 47.4 Å². The molecular weight excluding hydrogens is 613 g/mol. The Kier molecular flexibility index (Phi) is 12.4. The largest absolute Gasteiger partial charge is 0.497 e. The molecule has 1 aliphatic carbocycles. The molecule has 1 saturated heterocycles. The van der Waals surface area contributed by atoms with Crippen molar-refractivity contribution in [2.24, 2.45) is 11.8 Å². The monoisotopic (exact) mass is 658 g/mol. The van der Waals surface area contributed by atoms with Crippen molar-refractivity contribution in [2.75, 3.05) is 45.7 Å². The molecule has 2 atom stereocenters. The highest BCUT2D eigenvalue weighted by atomic mass is 19.3. The second-order valence-electron chi connectivity index (χ2n) is 12.5. The molecule has 0 bridgehead atoms. The van der Waals surface area contributed by atoms with E-state index in [1.165, 1.54) is 31.4 Å². The number of anilines is 1. The van der Waals surface area contributed by atoms with Crippen LogP contribution < -0.4 is 15.4 Å². The van der Waals surface area contributed by atoms with Crippen LogP contribution in [0, 0.1) is 17.7 Å². The normalized spacial score (nSPS) is 17.4. The predicted molar refractivity (Wildman–Crippen MR) is 172 cm³/mol. The summed E-state index contributed by atoms with van der Waals surface area (Å²) in [7, 11) is 3.30. The number of amides is 3. The van der Waals surface area contributed by atoms with Crippen molar-refractivity contribution in [3.63, 3.8) is 0 Å². The average Bonchev–Trinajstić information content (AvgIpc) is 3.08. The number of carbonyl (C=O) groups excluding carboxylic acids is 4. The highest BCUT2D eigenvalue weighted by molar-refractivity contribution is 5.97. The van der Waals surface area contributed by atoms with Crippen LogP contribution >= 0.6 is 0 Å².